The van der Waals surface area contributed by atoms with E-state index in [4.69, 9.17) is 15.2 Å². The number of imide groups is 1. The summed E-state index contributed by atoms with van der Waals surface area (Å²) in [7, 11) is 1.46. The summed E-state index contributed by atoms with van der Waals surface area (Å²) in [6, 6.07) is 1.54. The van der Waals surface area contributed by atoms with Gasteiger partial charge in [-0.15, -0.1) is 0 Å². The van der Waals surface area contributed by atoms with Crippen LogP contribution in [-0.4, -0.2) is 62.4 Å². The number of nitrogen functional groups attached to an aromatic ring is 1. The number of imidazole rings is 1. The molecule has 2 aliphatic rings. The van der Waals surface area contributed by atoms with Gasteiger partial charge in [0.25, 0.3) is 0 Å². The molecular formula is C22H23N7O5. The first-order chi connectivity index (χ1) is 16.4. The predicted molar refractivity (Wildman–Crippen MR) is 119 cm³/mol. The molecule has 12 heteroatoms. The molecule has 5 rings (SSSR count). The summed E-state index contributed by atoms with van der Waals surface area (Å²) in [5.41, 5.74) is 8.42. The Bertz CT molecular complexity index is 1320. The Morgan fingerprint density at radius 3 is 2.71 bits per heavy atom. The van der Waals surface area contributed by atoms with Gasteiger partial charge in [0.05, 0.1) is 24.2 Å². The fourth-order valence-electron chi connectivity index (χ4n) is 3.83. The van der Waals surface area contributed by atoms with Crippen molar-refractivity contribution in [1.82, 2.24) is 24.3 Å². The third-order valence-electron chi connectivity index (χ3n) is 5.75. The van der Waals surface area contributed by atoms with Crippen molar-refractivity contribution in [3.05, 3.63) is 41.5 Å². The zero-order chi connectivity index (χ0) is 24.0. The first-order valence-corrected chi connectivity index (χ1v) is 10.9. The molecule has 12 nitrogen and oxygen atoms in total. The zero-order valence-electron chi connectivity index (χ0n) is 18.7. The standard InChI is InChI=1S/C22H23N7O5/c1-3-33-20(31)15-7-24-21(23)26-19(15)34-11-14-9-28-8-13(12-4-5-12)6-16(18(28)25-14)29-10-17(30)27(2)22(29)32/h6-9,12H,3-5,10-11H2,1-2H3,(H2,23,24,26). The van der Waals surface area contributed by atoms with Crippen molar-refractivity contribution in [2.75, 3.05) is 30.8 Å². The molecule has 1 aliphatic heterocycles. The van der Waals surface area contributed by atoms with Crippen molar-refractivity contribution in [2.24, 2.45) is 0 Å². The van der Waals surface area contributed by atoms with Crippen molar-refractivity contribution in [1.29, 1.82) is 0 Å². The number of pyridine rings is 1. The van der Waals surface area contributed by atoms with E-state index in [0.717, 1.165) is 23.3 Å². The summed E-state index contributed by atoms with van der Waals surface area (Å²) >= 11 is 0. The van der Waals surface area contributed by atoms with Crippen LogP contribution in [0.2, 0.25) is 0 Å². The number of ether oxygens (including phenoxy) is 2. The summed E-state index contributed by atoms with van der Waals surface area (Å²) < 4.78 is 12.6. The smallest absolute Gasteiger partial charge is 0.345 e. The summed E-state index contributed by atoms with van der Waals surface area (Å²) in [5.74, 6) is -0.528. The van der Waals surface area contributed by atoms with E-state index >= 15 is 0 Å². The van der Waals surface area contributed by atoms with Gasteiger partial charge in [0, 0.05) is 19.4 Å². The number of anilines is 2. The highest BCUT2D eigenvalue weighted by Crippen LogP contribution is 2.42. The number of esters is 1. The molecule has 1 saturated carbocycles. The second kappa shape index (κ2) is 8.28. The predicted octanol–water partition coefficient (Wildman–Crippen LogP) is 1.74. The van der Waals surface area contributed by atoms with Crippen molar-refractivity contribution >= 4 is 35.2 Å². The van der Waals surface area contributed by atoms with Gasteiger partial charge in [-0.05, 0) is 37.3 Å². The highest BCUT2D eigenvalue weighted by Gasteiger charge is 2.36. The quantitative estimate of drug-likeness (QED) is 0.407. The van der Waals surface area contributed by atoms with Crippen molar-refractivity contribution in [3.8, 4) is 5.88 Å². The molecule has 3 aromatic heterocycles. The summed E-state index contributed by atoms with van der Waals surface area (Å²) in [5, 5.41) is 0. The van der Waals surface area contributed by atoms with Gasteiger partial charge in [-0.25, -0.2) is 19.6 Å². The molecular weight excluding hydrogens is 442 g/mol. The van der Waals surface area contributed by atoms with Crippen LogP contribution >= 0.6 is 0 Å². The number of carbonyl (C=O) groups is 3. The van der Waals surface area contributed by atoms with E-state index in [0.29, 0.717) is 22.9 Å². The van der Waals surface area contributed by atoms with Crippen molar-refractivity contribution in [2.45, 2.75) is 32.3 Å². The van der Waals surface area contributed by atoms with Gasteiger partial charge in [0.15, 0.2) is 5.65 Å². The molecule has 3 amide bonds. The Labute approximate surface area is 194 Å². The van der Waals surface area contributed by atoms with Crippen LogP contribution in [0.5, 0.6) is 5.88 Å². The summed E-state index contributed by atoms with van der Waals surface area (Å²) in [4.78, 5) is 52.0. The van der Waals surface area contributed by atoms with Gasteiger partial charge in [-0.1, -0.05) is 0 Å². The van der Waals surface area contributed by atoms with Crippen molar-refractivity contribution in [3.63, 3.8) is 0 Å². The van der Waals surface area contributed by atoms with Crippen LogP contribution in [0, 0.1) is 0 Å². The number of hydrogen-bond acceptors (Lipinski definition) is 9. The topological polar surface area (TPSA) is 145 Å². The minimum absolute atomic E-state index is 0.0103. The first-order valence-electron chi connectivity index (χ1n) is 10.9. The molecule has 1 aliphatic carbocycles. The maximum absolute atomic E-state index is 12.7. The Hall–Kier alpha value is -4.22. The second-order valence-corrected chi connectivity index (χ2v) is 8.17. The van der Waals surface area contributed by atoms with Gasteiger partial charge >= 0.3 is 12.0 Å². The molecule has 4 heterocycles. The Morgan fingerprint density at radius 1 is 1.24 bits per heavy atom. The zero-order valence-corrected chi connectivity index (χ0v) is 18.7. The largest absolute Gasteiger partial charge is 0.470 e. The average molecular weight is 465 g/mol. The number of amides is 3. The van der Waals surface area contributed by atoms with E-state index in [1.54, 1.807) is 13.1 Å². The first kappa shape index (κ1) is 21.6. The lowest BCUT2D eigenvalue weighted by Gasteiger charge is -2.17. The fraction of sp³-hybridized carbons (Fsp3) is 0.364. The minimum atomic E-state index is -0.620. The molecule has 34 heavy (non-hydrogen) atoms. The third-order valence-corrected chi connectivity index (χ3v) is 5.75. The number of carbonyl (C=O) groups excluding carboxylic acids is 3. The highest BCUT2D eigenvalue weighted by atomic mass is 16.5. The number of aromatic nitrogens is 4. The van der Waals surface area contributed by atoms with E-state index < -0.39 is 12.0 Å². The molecule has 0 spiro atoms. The molecule has 1 saturated heterocycles. The Balaban J connectivity index is 1.47. The van der Waals surface area contributed by atoms with Gasteiger partial charge in [-0.3, -0.25) is 14.6 Å². The number of likely N-dealkylation sites (N-methyl/N-ethyl adjacent to an activating group) is 1. The molecule has 0 unspecified atom stereocenters. The lowest BCUT2D eigenvalue weighted by atomic mass is 10.1. The van der Waals surface area contributed by atoms with Gasteiger partial charge in [0.2, 0.25) is 17.7 Å². The Morgan fingerprint density at radius 2 is 2.03 bits per heavy atom. The maximum Gasteiger partial charge on any atom is 0.345 e. The summed E-state index contributed by atoms with van der Waals surface area (Å²) in [6.07, 6.45) is 7.17. The maximum atomic E-state index is 12.7. The van der Waals surface area contributed by atoms with E-state index in [1.807, 2.05) is 16.7 Å². The molecule has 176 valence electrons. The van der Waals surface area contributed by atoms with E-state index in [1.165, 1.54) is 18.1 Å². The fourth-order valence-corrected chi connectivity index (χ4v) is 3.83. The highest BCUT2D eigenvalue weighted by molar-refractivity contribution is 6.13. The number of nitrogens with two attached hydrogens (primary N) is 1. The number of urea groups is 1. The number of rotatable bonds is 7. The van der Waals surface area contributed by atoms with Crippen LogP contribution in [0.15, 0.2) is 24.7 Å². The van der Waals surface area contributed by atoms with Gasteiger partial charge < -0.3 is 19.6 Å². The molecule has 0 radical (unpaired) electrons. The molecule has 2 fully saturated rings. The minimum Gasteiger partial charge on any atom is -0.470 e. The van der Waals surface area contributed by atoms with Crippen LogP contribution in [0.3, 0.4) is 0 Å². The number of nitrogens with zero attached hydrogens (tertiary/aromatic N) is 6. The molecule has 0 bridgehead atoms. The average Bonchev–Trinajstić information content (AvgIpc) is 3.53. The lowest BCUT2D eigenvalue weighted by molar-refractivity contribution is -0.123. The SMILES string of the molecule is CCOC(=O)c1cnc(N)nc1OCc1cn2cc(C3CC3)cc(N3CC(=O)N(C)C3=O)c2n1. The normalized spacial score (nSPS) is 15.9. The molecule has 0 atom stereocenters. The summed E-state index contributed by atoms with van der Waals surface area (Å²) in [6.45, 7) is 1.82. The van der Waals surface area contributed by atoms with Crippen molar-refractivity contribution < 1.29 is 23.9 Å². The Kier molecular flexibility index (Phi) is 5.27. The number of hydrogen-bond donors (Lipinski definition) is 1. The van der Waals surface area contributed by atoms with E-state index in [9.17, 15) is 14.4 Å². The van der Waals surface area contributed by atoms with Crippen LogP contribution < -0.4 is 15.4 Å². The lowest BCUT2D eigenvalue weighted by Crippen LogP contribution is -2.30. The van der Waals surface area contributed by atoms with Crippen LogP contribution in [0.25, 0.3) is 5.65 Å². The van der Waals surface area contributed by atoms with Crippen LogP contribution in [-0.2, 0) is 16.1 Å². The van der Waals surface area contributed by atoms with Crippen LogP contribution in [0.4, 0.5) is 16.4 Å². The van der Waals surface area contributed by atoms with E-state index in [2.05, 4.69) is 15.0 Å². The molecule has 3 aromatic rings. The van der Waals surface area contributed by atoms with Gasteiger partial charge in [-0.2, -0.15) is 4.98 Å². The van der Waals surface area contributed by atoms with Crippen LogP contribution in [0.1, 0.15) is 47.3 Å². The second-order valence-electron chi connectivity index (χ2n) is 8.17. The molecule has 0 aromatic carbocycles. The van der Waals surface area contributed by atoms with E-state index in [-0.39, 0.29) is 43.1 Å². The van der Waals surface area contributed by atoms with Gasteiger partial charge in [0.1, 0.15) is 18.7 Å². The third kappa shape index (κ3) is 3.87. The molecule has 2 N–H and O–H groups in total. The monoisotopic (exact) mass is 465 g/mol. The number of fused-ring (bicyclic) bond motifs is 1.